The minimum atomic E-state index is -0.861. The van der Waals surface area contributed by atoms with Gasteiger partial charge in [-0.15, -0.1) is 0 Å². The minimum Gasteiger partial charge on any atom is -0.466 e. The van der Waals surface area contributed by atoms with Gasteiger partial charge >= 0.3 is 5.97 Å². The SMILES string of the molecule is CCCC/C=C\CCCCCCCC(=O)OCCCC/C=C\CCCCCCCC(=O)NC(CO)C(O)/C=C/CCCCCCCCCCCC. The number of amides is 1. The number of carbonyl (C=O) groups excluding carboxylic acids is 2. The van der Waals surface area contributed by atoms with Crippen molar-refractivity contribution in [1.82, 2.24) is 5.32 Å². The Labute approximate surface area is 315 Å². The van der Waals surface area contributed by atoms with Crippen LogP contribution in [0.25, 0.3) is 0 Å². The Hall–Kier alpha value is -1.92. The second-order valence-electron chi connectivity index (χ2n) is 14.7. The molecule has 1 amide bonds. The summed E-state index contributed by atoms with van der Waals surface area (Å²) in [7, 11) is 0. The summed E-state index contributed by atoms with van der Waals surface area (Å²) in [5, 5.41) is 22.9. The van der Waals surface area contributed by atoms with Crippen molar-refractivity contribution in [3.63, 3.8) is 0 Å². The lowest BCUT2D eigenvalue weighted by Crippen LogP contribution is -2.45. The zero-order chi connectivity index (χ0) is 37.3. The Balaban J connectivity index is 3.59. The van der Waals surface area contributed by atoms with Crippen LogP contribution in [-0.2, 0) is 14.3 Å². The van der Waals surface area contributed by atoms with Crippen molar-refractivity contribution < 1.29 is 24.5 Å². The molecule has 0 aromatic carbocycles. The molecular formula is C45H83NO5. The van der Waals surface area contributed by atoms with E-state index in [1.807, 2.05) is 6.08 Å². The van der Waals surface area contributed by atoms with Gasteiger partial charge in [-0.05, 0) is 77.0 Å². The Morgan fingerprint density at radius 2 is 0.941 bits per heavy atom. The van der Waals surface area contributed by atoms with E-state index in [0.717, 1.165) is 83.5 Å². The second-order valence-corrected chi connectivity index (χ2v) is 14.7. The number of aliphatic hydroxyl groups excluding tert-OH is 2. The molecule has 6 nitrogen and oxygen atoms in total. The van der Waals surface area contributed by atoms with Gasteiger partial charge in [-0.3, -0.25) is 9.59 Å². The summed E-state index contributed by atoms with van der Waals surface area (Å²) < 4.78 is 5.40. The smallest absolute Gasteiger partial charge is 0.305 e. The largest absolute Gasteiger partial charge is 0.466 e. The van der Waals surface area contributed by atoms with E-state index >= 15 is 0 Å². The molecule has 298 valence electrons. The van der Waals surface area contributed by atoms with Gasteiger partial charge in [0.1, 0.15) is 0 Å². The predicted octanol–water partition coefficient (Wildman–Crippen LogP) is 12.2. The van der Waals surface area contributed by atoms with Crippen LogP contribution < -0.4 is 5.32 Å². The molecule has 6 heteroatoms. The molecule has 2 atom stereocenters. The maximum absolute atomic E-state index is 12.4. The van der Waals surface area contributed by atoms with E-state index in [2.05, 4.69) is 43.5 Å². The molecule has 0 heterocycles. The van der Waals surface area contributed by atoms with Crippen LogP contribution in [0.1, 0.15) is 213 Å². The number of unbranched alkanes of at least 4 members (excludes halogenated alkanes) is 24. The standard InChI is InChI=1S/C45H83NO5/c1-3-5-7-9-11-13-15-18-21-25-29-33-37-43(48)42(41-47)46-44(49)38-34-30-26-22-19-16-20-24-28-32-36-40-51-45(50)39-35-31-27-23-17-14-12-10-8-6-4-2/h10,12,20,24,33,37,42-43,47-48H,3-9,11,13-19,21-23,25-32,34-36,38-41H2,1-2H3,(H,46,49)/b12-10-,24-20-,37-33+. The fraction of sp³-hybridized carbons (Fsp3) is 0.822. The minimum absolute atomic E-state index is 0.0455. The summed E-state index contributed by atoms with van der Waals surface area (Å²) in [6.45, 7) is 4.75. The van der Waals surface area contributed by atoms with Gasteiger partial charge in [0.25, 0.3) is 0 Å². The number of allylic oxidation sites excluding steroid dienone is 5. The molecule has 0 saturated heterocycles. The molecule has 0 aliphatic rings. The van der Waals surface area contributed by atoms with Crippen LogP contribution >= 0.6 is 0 Å². The van der Waals surface area contributed by atoms with Gasteiger partial charge in [0.15, 0.2) is 0 Å². The van der Waals surface area contributed by atoms with Gasteiger partial charge in [-0.25, -0.2) is 0 Å². The van der Waals surface area contributed by atoms with Gasteiger partial charge in [-0.1, -0.05) is 159 Å². The second kappa shape index (κ2) is 40.8. The fourth-order valence-electron chi connectivity index (χ4n) is 6.19. The highest BCUT2D eigenvalue weighted by Crippen LogP contribution is 2.13. The predicted molar refractivity (Wildman–Crippen MR) is 218 cm³/mol. The molecule has 0 fully saturated rings. The van der Waals surface area contributed by atoms with E-state index in [1.54, 1.807) is 6.08 Å². The zero-order valence-corrected chi connectivity index (χ0v) is 33.6. The molecule has 0 aliphatic heterocycles. The van der Waals surface area contributed by atoms with Crippen molar-refractivity contribution in [2.24, 2.45) is 0 Å². The Kier molecular flexibility index (Phi) is 39.3. The molecule has 3 N–H and O–H groups in total. The third-order valence-electron chi connectivity index (χ3n) is 9.63. The summed E-state index contributed by atoms with van der Waals surface area (Å²) in [6.07, 6.45) is 47.0. The Bertz CT molecular complexity index is 838. The summed E-state index contributed by atoms with van der Waals surface area (Å²) in [6, 6.07) is -0.647. The van der Waals surface area contributed by atoms with Crippen LogP contribution in [0.2, 0.25) is 0 Å². The van der Waals surface area contributed by atoms with Gasteiger partial charge in [-0.2, -0.15) is 0 Å². The van der Waals surface area contributed by atoms with E-state index in [9.17, 15) is 19.8 Å². The van der Waals surface area contributed by atoms with Gasteiger partial charge < -0.3 is 20.3 Å². The number of aliphatic hydroxyl groups is 2. The van der Waals surface area contributed by atoms with Crippen LogP contribution in [0, 0.1) is 0 Å². The zero-order valence-electron chi connectivity index (χ0n) is 33.6. The van der Waals surface area contributed by atoms with E-state index in [-0.39, 0.29) is 18.5 Å². The van der Waals surface area contributed by atoms with Crippen LogP contribution in [0.3, 0.4) is 0 Å². The molecule has 0 aliphatic carbocycles. The highest BCUT2D eigenvalue weighted by molar-refractivity contribution is 5.76. The maximum atomic E-state index is 12.4. The number of nitrogens with one attached hydrogen (secondary N) is 1. The number of ether oxygens (including phenoxy) is 1. The van der Waals surface area contributed by atoms with E-state index in [1.165, 1.54) is 103 Å². The lowest BCUT2D eigenvalue weighted by Gasteiger charge is -2.20. The van der Waals surface area contributed by atoms with Gasteiger partial charge in [0.2, 0.25) is 5.91 Å². The average Bonchev–Trinajstić information content (AvgIpc) is 3.13. The van der Waals surface area contributed by atoms with Gasteiger partial charge in [0.05, 0.1) is 25.4 Å². The van der Waals surface area contributed by atoms with Crippen molar-refractivity contribution in [2.75, 3.05) is 13.2 Å². The van der Waals surface area contributed by atoms with Crippen molar-refractivity contribution in [2.45, 2.75) is 225 Å². The maximum Gasteiger partial charge on any atom is 0.305 e. The third-order valence-corrected chi connectivity index (χ3v) is 9.63. The van der Waals surface area contributed by atoms with Crippen LogP contribution in [0.5, 0.6) is 0 Å². The summed E-state index contributed by atoms with van der Waals surface area (Å²) in [5.74, 6) is -0.146. The molecule has 0 bridgehead atoms. The lowest BCUT2D eigenvalue weighted by atomic mass is 10.1. The number of esters is 1. The first-order valence-electron chi connectivity index (χ1n) is 21.8. The highest BCUT2D eigenvalue weighted by Gasteiger charge is 2.18. The first-order chi connectivity index (χ1) is 25.0. The van der Waals surface area contributed by atoms with Crippen molar-refractivity contribution in [3.05, 3.63) is 36.5 Å². The molecule has 0 aromatic rings. The topological polar surface area (TPSA) is 95.9 Å². The summed E-state index contributed by atoms with van der Waals surface area (Å²) >= 11 is 0. The molecule has 0 spiro atoms. The summed E-state index contributed by atoms with van der Waals surface area (Å²) in [4.78, 5) is 24.3. The van der Waals surface area contributed by atoms with Crippen molar-refractivity contribution in [3.8, 4) is 0 Å². The summed E-state index contributed by atoms with van der Waals surface area (Å²) in [5.41, 5.74) is 0. The normalized spacial score (nSPS) is 13.1. The van der Waals surface area contributed by atoms with Crippen molar-refractivity contribution in [1.29, 1.82) is 0 Å². The lowest BCUT2D eigenvalue weighted by molar-refractivity contribution is -0.143. The molecule has 0 radical (unpaired) electrons. The fourth-order valence-corrected chi connectivity index (χ4v) is 6.19. The number of hydrogen-bond acceptors (Lipinski definition) is 5. The molecule has 2 unspecified atom stereocenters. The molecule has 0 saturated carbocycles. The Morgan fingerprint density at radius 3 is 1.45 bits per heavy atom. The number of carbonyl (C=O) groups is 2. The molecular weight excluding hydrogens is 634 g/mol. The van der Waals surface area contributed by atoms with E-state index in [4.69, 9.17) is 4.74 Å². The molecule has 0 rings (SSSR count). The highest BCUT2D eigenvalue weighted by atomic mass is 16.5. The molecule has 51 heavy (non-hydrogen) atoms. The average molecular weight is 718 g/mol. The quantitative estimate of drug-likeness (QED) is 0.0334. The van der Waals surface area contributed by atoms with Crippen LogP contribution in [0.4, 0.5) is 0 Å². The number of hydrogen-bond donors (Lipinski definition) is 3. The number of rotatable bonds is 39. The van der Waals surface area contributed by atoms with Crippen LogP contribution in [-0.4, -0.2) is 47.4 Å². The van der Waals surface area contributed by atoms with E-state index in [0.29, 0.717) is 19.4 Å². The van der Waals surface area contributed by atoms with Crippen molar-refractivity contribution >= 4 is 11.9 Å². The van der Waals surface area contributed by atoms with Crippen LogP contribution in [0.15, 0.2) is 36.5 Å². The Morgan fingerprint density at radius 1 is 0.529 bits per heavy atom. The first-order valence-corrected chi connectivity index (χ1v) is 21.8. The van der Waals surface area contributed by atoms with E-state index < -0.39 is 12.1 Å². The molecule has 0 aromatic heterocycles. The first kappa shape index (κ1) is 49.1. The van der Waals surface area contributed by atoms with Gasteiger partial charge in [0, 0.05) is 12.8 Å². The third kappa shape index (κ3) is 37.6. The monoisotopic (exact) mass is 718 g/mol.